The standard InChI is InChI=1S/C40H75N2O6P/c1-6-8-10-12-14-16-17-18-19-20-21-22-23-24-26-27-29-31-33-39(43)38(37-48-49(45,46)47-36-35-42(3,4)5)41-40(44)34-32-30-28-25-15-13-11-9-7-2/h20-21,24-26,28,31,33,38-39,43H,6-19,22-23,27,29-30,32,34-37H2,1-5H3,(H-,41,44,45,46)/b21-20+,26-24+,28-25-,33-31+. The molecular weight excluding hydrogens is 635 g/mol. The van der Waals surface area contributed by atoms with E-state index in [0.717, 1.165) is 38.5 Å². The number of carbonyl (C=O) groups is 1. The molecule has 8 nitrogen and oxygen atoms in total. The maximum absolute atomic E-state index is 12.7. The van der Waals surface area contributed by atoms with Gasteiger partial charge in [0, 0.05) is 6.42 Å². The predicted molar refractivity (Wildman–Crippen MR) is 205 cm³/mol. The molecule has 0 rings (SSSR count). The molecule has 0 saturated carbocycles. The van der Waals surface area contributed by atoms with Crippen molar-refractivity contribution in [2.75, 3.05) is 40.9 Å². The topological polar surface area (TPSA) is 108 Å². The molecule has 0 aliphatic rings. The maximum atomic E-state index is 12.7. The van der Waals surface area contributed by atoms with Crippen molar-refractivity contribution in [1.29, 1.82) is 0 Å². The van der Waals surface area contributed by atoms with Gasteiger partial charge in [0.25, 0.3) is 7.82 Å². The van der Waals surface area contributed by atoms with Crippen molar-refractivity contribution in [2.24, 2.45) is 0 Å². The predicted octanol–water partition coefficient (Wildman–Crippen LogP) is 9.50. The minimum absolute atomic E-state index is 0.0149. The number of nitrogens with one attached hydrogen (secondary N) is 1. The Bertz CT molecular complexity index is 944. The van der Waals surface area contributed by atoms with Crippen LogP contribution in [-0.4, -0.2) is 68.5 Å². The third kappa shape index (κ3) is 34.7. The first-order chi connectivity index (χ1) is 23.5. The molecule has 0 spiro atoms. The molecule has 0 saturated heterocycles. The number of phosphoric ester groups is 1. The molecule has 0 aliphatic heterocycles. The molecule has 2 N–H and O–H groups in total. The van der Waals surface area contributed by atoms with Gasteiger partial charge < -0.3 is 28.8 Å². The molecule has 49 heavy (non-hydrogen) atoms. The molecule has 0 aliphatic carbocycles. The molecule has 0 bridgehead atoms. The second kappa shape index (κ2) is 32.4. The van der Waals surface area contributed by atoms with Crippen molar-refractivity contribution in [2.45, 2.75) is 161 Å². The Kier molecular flexibility index (Phi) is 31.4. The van der Waals surface area contributed by atoms with Crippen LogP contribution in [0.25, 0.3) is 0 Å². The van der Waals surface area contributed by atoms with E-state index in [1.807, 2.05) is 27.2 Å². The van der Waals surface area contributed by atoms with Crippen molar-refractivity contribution in [3.63, 3.8) is 0 Å². The van der Waals surface area contributed by atoms with Crippen LogP contribution in [0.15, 0.2) is 48.6 Å². The van der Waals surface area contributed by atoms with E-state index >= 15 is 0 Å². The van der Waals surface area contributed by atoms with Gasteiger partial charge in [0.2, 0.25) is 5.91 Å². The number of hydrogen-bond acceptors (Lipinski definition) is 6. The largest absolute Gasteiger partial charge is 0.756 e. The molecule has 0 radical (unpaired) electrons. The summed E-state index contributed by atoms with van der Waals surface area (Å²) in [6, 6.07) is -0.921. The lowest BCUT2D eigenvalue weighted by Crippen LogP contribution is -2.45. The van der Waals surface area contributed by atoms with E-state index in [-0.39, 0.29) is 18.9 Å². The number of aliphatic hydroxyl groups is 1. The van der Waals surface area contributed by atoms with E-state index in [1.54, 1.807) is 6.08 Å². The van der Waals surface area contributed by atoms with Crippen LogP contribution < -0.4 is 10.2 Å². The summed E-state index contributed by atoms with van der Waals surface area (Å²) in [6.45, 7) is 4.52. The summed E-state index contributed by atoms with van der Waals surface area (Å²) < 4.78 is 23.0. The van der Waals surface area contributed by atoms with Crippen LogP contribution >= 0.6 is 7.82 Å². The minimum Gasteiger partial charge on any atom is -0.756 e. The van der Waals surface area contributed by atoms with Crippen LogP contribution in [0.2, 0.25) is 0 Å². The number of nitrogens with zero attached hydrogens (tertiary/aromatic N) is 1. The van der Waals surface area contributed by atoms with Gasteiger partial charge in [0.15, 0.2) is 0 Å². The zero-order valence-corrected chi connectivity index (χ0v) is 33.0. The van der Waals surface area contributed by atoms with Crippen molar-refractivity contribution in [3.05, 3.63) is 48.6 Å². The molecule has 3 atom stereocenters. The number of carbonyl (C=O) groups excluding carboxylic acids is 1. The first kappa shape index (κ1) is 47.5. The molecule has 0 fully saturated rings. The highest BCUT2D eigenvalue weighted by Crippen LogP contribution is 2.38. The fraction of sp³-hybridized carbons (Fsp3) is 0.775. The average Bonchev–Trinajstić information content (AvgIpc) is 3.04. The van der Waals surface area contributed by atoms with Crippen molar-refractivity contribution in [1.82, 2.24) is 5.32 Å². The van der Waals surface area contributed by atoms with E-state index in [4.69, 9.17) is 9.05 Å². The van der Waals surface area contributed by atoms with E-state index in [0.29, 0.717) is 17.4 Å². The summed E-state index contributed by atoms with van der Waals surface area (Å²) >= 11 is 0. The highest BCUT2D eigenvalue weighted by Gasteiger charge is 2.23. The number of rotatable bonds is 34. The Labute approximate surface area is 301 Å². The SMILES string of the molecule is CCCCCC/C=C\CCCC(=O)NC(COP(=O)([O-])OCC[N+](C)(C)C)C(O)/C=C/CC/C=C/CC/C=C/CCCCCCCCCC. The van der Waals surface area contributed by atoms with Gasteiger partial charge in [-0.15, -0.1) is 0 Å². The fourth-order valence-corrected chi connectivity index (χ4v) is 5.79. The third-order valence-electron chi connectivity index (χ3n) is 8.24. The quantitative estimate of drug-likeness (QED) is 0.0298. The van der Waals surface area contributed by atoms with Crippen molar-refractivity contribution < 1.29 is 32.9 Å². The summed E-state index contributed by atoms with van der Waals surface area (Å²) in [5, 5.41) is 13.6. The van der Waals surface area contributed by atoms with Gasteiger partial charge in [-0.1, -0.05) is 127 Å². The zero-order valence-electron chi connectivity index (χ0n) is 32.1. The number of hydrogen-bond donors (Lipinski definition) is 2. The number of allylic oxidation sites excluding steroid dienone is 7. The number of unbranched alkanes of at least 4 members (excludes halogenated alkanes) is 15. The number of likely N-dealkylation sites (N-methyl/N-ethyl adjacent to an activating group) is 1. The van der Waals surface area contributed by atoms with E-state index < -0.39 is 26.6 Å². The fourth-order valence-electron chi connectivity index (χ4n) is 5.07. The van der Waals surface area contributed by atoms with Gasteiger partial charge in [-0.3, -0.25) is 9.36 Å². The third-order valence-corrected chi connectivity index (χ3v) is 9.20. The summed E-state index contributed by atoms with van der Waals surface area (Å²) in [6.07, 6.45) is 38.9. The molecular formula is C40H75N2O6P. The molecule has 1 amide bonds. The smallest absolute Gasteiger partial charge is 0.268 e. The second-order valence-corrected chi connectivity index (χ2v) is 15.7. The summed E-state index contributed by atoms with van der Waals surface area (Å²) in [5.41, 5.74) is 0. The lowest BCUT2D eigenvalue weighted by atomic mass is 10.1. The number of phosphoric acid groups is 1. The maximum Gasteiger partial charge on any atom is 0.268 e. The lowest BCUT2D eigenvalue weighted by Gasteiger charge is -2.29. The molecule has 0 aromatic heterocycles. The van der Waals surface area contributed by atoms with Crippen LogP contribution in [0, 0.1) is 0 Å². The number of aliphatic hydroxyl groups excluding tert-OH is 1. The van der Waals surface area contributed by atoms with Gasteiger partial charge in [-0.05, 0) is 64.2 Å². The summed E-state index contributed by atoms with van der Waals surface area (Å²) in [5.74, 6) is -0.251. The van der Waals surface area contributed by atoms with Gasteiger partial charge in [0.05, 0.1) is 39.9 Å². The van der Waals surface area contributed by atoms with Crippen LogP contribution in [0.1, 0.15) is 149 Å². The molecule has 0 aromatic rings. The van der Waals surface area contributed by atoms with Crippen LogP contribution in [-0.2, 0) is 18.4 Å². The van der Waals surface area contributed by atoms with Crippen LogP contribution in [0.5, 0.6) is 0 Å². The minimum atomic E-state index is -4.60. The first-order valence-electron chi connectivity index (χ1n) is 19.5. The highest BCUT2D eigenvalue weighted by molar-refractivity contribution is 7.45. The summed E-state index contributed by atoms with van der Waals surface area (Å²) in [7, 11) is 1.21. The van der Waals surface area contributed by atoms with E-state index in [9.17, 15) is 19.4 Å². The van der Waals surface area contributed by atoms with Crippen molar-refractivity contribution in [3.8, 4) is 0 Å². The second-order valence-electron chi connectivity index (χ2n) is 14.3. The van der Waals surface area contributed by atoms with E-state index in [1.165, 1.54) is 83.5 Å². The zero-order chi connectivity index (χ0) is 36.5. The highest BCUT2D eigenvalue weighted by atomic mass is 31.2. The molecule has 0 heterocycles. The van der Waals surface area contributed by atoms with Crippen molar-refractivity contribution >= 4 is 13.7 Å². The average molecular weight is 711 g/mol. The molecule has 286 valence electrons. The van der Waals surface area contributed by atoms with Gasteiger partial charge in [-0.2, -0.15) is 0 Å². The summed E-state index contributed by atoms with van der Waals surface area (Å²) in [4.78, 5) is 25.1. The van der Waals surface area contributed by atoms with Gasteiger partial charge in [-0.25, -0.2) is 0 Å². The van der Waals surface area contributed by atoms with Crippen LogP contribution in [0.4, 0.5) is 0 Å². The van der Waals surface area contributed by atoms with Crippen LogP contribution in [0.3, 0.4) is 0 Å². The first-order valence-corrected chi connectivity index (χ1v) is 21.0. The molecule has 9 heteroatoms. The Morgan fingerprint density at radius 3 is 1.67 bits per heavy atom. The Hall–Kier alpha value is -1.54. The number of amides is 1. The lowest BCUT2D eigenvalue weighted by molar-refractivity contribution is -0.870. The van der Waals surface area contributed by atoms with Gasteiger partial charge in [0.1, 0.15) is 13.2 Å². The molecule has 3 unspecified atom stereocenters. The normalized spacial score (nSPS) is 15.2. The van der Waals surface area contributed by atoms with Gasteiger partial charge >= 0.3 is 0 Å². The Balaban J connectivity index is 4.60. The number of quaternary nitrogens is 1. The monoisotopic (exact) mass is 711 g/mol. The Morgan fingerprint density at radius 2 is 1.14 bits per heavy atom. The molecule has 0 aromatic carbocycles. The Morgan fingerprint density at radius 1 is 0.694 bits per heavy atom. The van der Waals surface area contributed by atoms with E-state index in [2.05, 4.69) is 55.6 Å².